The van der Waals surface area contributed by atoms with Crippen molar-refractivity contribution in [2.45, 2.75) is 12.5 Å². The summed E-state index contributed by atoms with van der Waals surface area (Å²) in [6.07, 6.45) is 3.56. The smallest absolute Gasteiger partial charge is 0.251 e. The molecule has 0 unspecified atom stereocenters. The van der Waals surface area contributed by atoms with Crippen molar-refractivity contribution < 1.29 is 13.9 Å². The van der Waals surface area contributed by atoms with E-state index in [0.29, 0.717) is 30.2 Å². The molecule has 32 heavy (non-hydrogen) atoms. The lowest BCUT2D eigenvalue weighted by Crippen LogP contribution is -2.59. The number of imidazole rings is 1. The number of carbonyl (C=O) groups excluding carboxylic acids is 1. The van der Waals surface area contributed by atoms with Gasteiger partial charge < -0.3 is 14.6 Å². The van der Waals surface area contributed by atoms with Gasteiger partial charge in [-0.3, -0.25) is 4.79 Å². The molecule has 162 valence electrons. The molecule has 3 heterocycles. The molecule has 2 aromatic carbocycles. The van der Waals surface area contributed by atoms with Gasteiger partial charge in [-0.25, -0.2) is 14.1 Å². The number of ether oxygens (including phenoxy) is 1. The maximum absolute atomic E-state index is 13.3. The van der Waals surface area contributed by atoms with Crippen LogP contribution >= 0.6 is 0 Å². The third-order valence-corrected chi connectivity index (χ3v) is 5.45. The van der Waals surface area contributed by atoms with Gasteiger partial charge in [0, 0.05) is 30.1 Å². The third kappa shape index (κ3) is 3.67. The number of carbonyl (C=O) groups is 1. The van der Waals surface area contributed by atoms with Crippen LogP contribution < -0.4 is 5.32 Å². The van der Waals surface area contributed by atoms with Crippen LogP contribution in [0.1, 0.15) is 17.3 Å². The number of amides is 1. The highest BCUT2D eigenvalue weighted by molar-refractivity contribution is 5.95. The molecule has 1 N–H and O–H groups in total. The minimum absolute atomic E-state index is 0.126. The maximum Gasteiger partial charge on any atom is 0.251 e. The monoisotopic (exact) mass is 432 g/mol. The van der Waals surface area contributed by atoms with Crippen LogP contribution in [-0.2, 0) is 11.8 Å². The molecular weight excluding hydrogens is 411 g/mol. The van der Waals surface area contributed by atoms with Gasteiger partial charge in [-0.1, -0.05) is 5.21 Å². The number of nitrogens with zero attached hydrogens (tertiary/aromatic N) is 5. The fraction of sp³-hybridized carbons (Fsp3) is 0.217. The summed E-state index contributed by atoms with van der Waals surface area (Å²) in [6.45, 7) is 3.01. The van der Waals surface area contributed by atoms with Crippen LogP contribution in [0.15, 0.2) is 61.1 Å². The van der Waals surface area contributed by atoms with Gasteiger partial charge in [0.25, 0.3) is 5.91 Å². The molecule has 0 spiro atoms. The van der Waals surface area contributed by atoms with Gasteiger partial charge in [0.15, 0.2) is 0 Å². The van der Waals surface area contributed by atoms with Gasteiger partial charge >= 0.3 is 0 Å². The maximum atomic E-state index is 13.3. The Kier molecular flexibility index (Phi) is 4.82. The van der Waals surface area contributed by atoms with Gasteiger partial charge in [0.1, 0.15) is 22.9 Å². The first-order chi connectivity index (χ1) is 15.4. The Morgan fingerprint density at radius 2 is 1.84 bits per heavy atom. The fourth-order valence-corrected chi connectivity index (χ4v) is 3.64. The molecule has 0 saturated carbocycles. The second kappa shape index (κ2) is 7.69. The largest absolute Gasteiger partial charge is 0.376 e. The first kappa shape index (κ1) is 20.1. The van der Waals surface area contributed by atoms with Crippen LogP contribution in [0.2, 0.25) is 0 Å². The molecule has 0 radical (unpaired) electrons. The average molecular weight is 432 g/mol. The number of aromatic nitrogens is 5. The van der Waals surface area contributed by atoms with Gasteiger partial charge in [0.05, 0.1) is 25.1 Å². The van der Waals surface area contributed by atoms with Crippen molar-refractivity contribution >= 4 is 5.91 Å². The highest BCUT2D eigenvalue weighted by atomic mass is 19.1. The molecule has 1 aliphatic heterocycles. The quantitative estimate of drug-likeness (QED) is 0.524. The summed E-state index contributed by atoms with van der Waals surface area (Å²) in [4.78, 5) is 17.0. The molecule has 1 fully saturated rings. The SMILES string of the molecule is Cn1nnc(-c2ccc(F)cc2)c1-c1cn(-c2ccc(C(=O)NC3(C)COC3)cc2)cn1. The van der Waals surface area contributed by atoms with E-state index in [-0.39, 0.29) is 17.3 Å². The molecular formula is C23H21FN6O2. The standard InChI is InChI=1S/C23H21FN6O2/c1-23(12-32-13-23)26-22(31)16-5-9-18(10-6-16)30-11-19(25-14-30)21-20(27-28-29(21)2)15-3-7-17(24)8-4-15/h3-11,14H,12-13H2,1-2H3,(H,26,31). The minimum atomic E-state index is -0.310. The van der Waals surface area contributed by atoms with Crippen LogP contribution in [0.5, 0.6) is 0 Å². The van der Waals surface area contributed by atoms with Crippen molar-refractivity contribution in [3.63, 3.8) is 0 Å². The average Bonchev–Trinajstić information content (AvgIpc) is 3.40. The molecule has 2 aromatic heterocycles. The van der Waals surface area contributed by atoms with Crippen LogP contribution in [0, 0.1) is 5.82 Å². The zero-order valence-corrected chi connectivity index (χ0v) is 17.6. The number of hydrogen-bond donors (Lipinski definition) is 1. The van der Waals surface area contributed by atoms with E-state index in [0.717, 1.165) is 16.9 Å². The normalized spacial score (nSPS) is 14.7. The summed E-state index contributed by atoms with van der Waals surface area (Å²) in [5, 5.41) is 11.3. The topological polar surface area (TPSA) is 86.9 Å². The van der Waals surface area contributed by atoms with Gasteiger partial charge in [-0.05, 0) is 55.5 Å². The lowest BCUT2D eigenvalue weighted by atomic mass is 10.00. The Balaban J connectivity index is 1.39. The van der Waals surface area contributed by atoms with E-state index in [2.05, 4.69) is 20.6 Å². The second-order valence-electron chi connectivity index (χ2n) is 8.14. The van der Waals surface area contributed by atoms with Crippen LogP contribution in [-0.4, -0.2) is 49.2 Å². The van der Waals surface area contributed by atoms with Gasteiger partial charge in [0.2, 0.25) is 0 Å². The Bertz CT molecular complexity index is 1270. The number of halogens is 1. The van der Waals surface area contributed by atoms with E-state index in [1.807, 2.05) is 29.8 Å². The highest BCUT2D eigenvalue weighted by Gasteiger charge is 2.34. The van der Waals surface area contributed by atoms with E-state index >= 15 is 0 Å². The van der Waals surface area contributed by atoms with Crippen molar-refractivity contribution in [3.8, 4) is 28.3 Å². The van der Waals surface area contributed by atoms with E-state index in [9.17, 15) is 9.18 Å². The Morgan fingerprint density at radius 1 is 1.12 bits per heavy atom. The van der Waals surface area contributed by atoms with E-state index < -0.39 is 0 Å². The molecule has 0 atom stereocenters. The van der Waals surface area contributed by atoms with Gasteiger partial charge in [-0.15, -0.1) is 5.10 Å². The lowest BCUT2D eigenvalue weighted by molar-refractivity contribution is -0.0593. The van der Waals surface area contributed by atoms with Crippen molar-refractivity contribution in [2.75, 3.05) is 13.2 Å². The first-order valence-electron chi connectivity index (χ1n) is 10.1. The minimum Gasteiger partial charge on any atom is -0.376 e. The zero-order valence-electron chi connectivity index (χ0n) is 17.6. The summed E-state index contributed by atoms with van der Waals surface area (Å²) in [5.41, 5.74) is 3.92. The summed E-state index contributed by atoms with van der Waals surface area (Å²) in [7, 11) is 1.79. The van der Waals surface area contributed by atoms with E-state index in [1.54, 1.807) is 42.3 Å². The zero-order chi connectivity index (χ0) is 22.3. The molecule has 4 aromatic rings. The molecule has 0 aliphatic carbocycles. The fourth-order valence-electron chi connectivity index (χ4n) is 3.64. The molecule has 0 bridgehead atoms. The van der Waals surface area contributed by atoms with Crippen LogP contribution in [0.4, 0.5) is 4.39 Å². The van der Waals surface area contributed by atoms with Crippen LogP contribution in [0.3, 0.4) is 0 Å². The summed E-state index contributed by atoms with van der Waals surface area (Å²) in [6, 6.07) is 13.4. The molecule has 1 amide bonds. The van der Waals surface area contributed by atoms with E-state index in [1.165, 1.54) is 12.1 Å². The molecule has 1 saturated heterocycles. The number of rotatable bonds is 5. The van der Waals surface area contributed by atoms with Crippen molar-refractivity contribution in [1.29, 1.82) is 0 Å². The van der Waals surface area contributed by atoms with E-state index in [4.69, 9.17) is 4.74 Å². The molecule has 1 aliphatic rings. The first-order valence-corrected chi connectivity index (χ1v) is 10.1. The van der Waals surface area contributed by atoms with Gasteiger partial charge in [-0.2, -0.15) is 0 Å². The Labute approximate surface area is 183 Å². The van der Waals surface area contributed by atoms with Crippen molar-refractivity contribution in [3.05, 3.63) is 72.4 Å². The molecule has 9 heteroatoms. The Hall–Kier alpha value is -3.85. The van der Waals surface area contributed by atoms with Crippen LogP contribution in [0.25, 0.3) is 28.3 Å². The Morgan fingerprint density at radius 3 is 2.50 bits per heavy atom. The third-order valence-electron chi connectivity index (χ3n) is 5.45. The summed E-state index contributed by atoms with van der Waals surface area (Å²) < 4.78 is 22.0. The number of aryl methyl sites for hydroxylation is 1. The summed E-state index contributed by atoms with van der Waals surface area (Å²) >= 11 is 0. The second-order valence-corrected chi connectivity index (χ2v) is 8.14. The molecule has 8 nitrogen and oxygen atoms in total. The number of hydrogen-bond acceptors (Lipinski definition) is 5. The summed E-state index contributed by atoms with van der Waals surface area (Å²) in [5.74, 6) is -0.436. The molecule has 5 rings (SSSR count). The van der Waals surface area contributed by atoms with Crippen molar-refractivity contribution in [2.24, 2.45) is 7.05 Å². The van der Waals surface area contributed by atoms with Crippen molar-refractivity contribution in [1.82, 2.24) is 29.9 Å². The predicted octanol–water partition coefficient (Wildman–Crippen LogP) is 2.99. The predicted molar refractivity (Wildman–Crippen MR) is 116 cm³/mol. The number of benzene rings is 2. The lowest BCUT2D eigenvalue weighted by Gasteiger charge is -2.38. The highest BCUT2D eigenvalue weighted by Crippen LogP contribution is 2.29. The number of nitrogens with one attached hydrogen (secondary N) is 1.